The van der Waals surface area contributed by atoms with Gasteiger partial charge in [0.2, 0.25) is 0 Å². The molecule has 0 fully saturated rings. The van der Waals surface area contributed by atoms with Crippen LogP contribution in [-0.4, -0.2) is 24.9 Å². The summed E-state index contributed by atoms with van der Waals surface area (Å²) in [7, 11) is 0. The minimum atomic E-state index is -0.246. The largest absolute Gasteiger partial charge is 0.382 e. The van der Waals surface area contributed by atoms with Crippen LogP contribution < -0.4 is 5.73 Å². The molecule has 0 saturated carbocycles. The molecule has 8 heteroatoms. The molecule has 6 nitrogen and oxygen atoms in total. The van der Waals surface area contributed by atoms with Crippen molar-refractivity contribution in [2.45, 2.75) is 13.3 Å². The second-order valence-corrected chi connectivity index (χ2v) is 6.92. The molecular weight excluding hydrogens is 403 g/mol. The number of rotatable bonds is 2. The summed E-state index contributed by atoms with van der Waals surface area (Å²) in [6.45, 7) is 2.04. The number of hydrogen-bond acceptors (Lipinski definition) is 5. The topological polar surface area (TPSA) is 93.4 Å². The van der Waals surface area contributed by atoms with Crippen LogP contribution in [0.3, 0.4) is 0 Å². The average Bonchev–Trinajstić information content (AvgIpc) is 3.24. The third-order valence-electron chi connectivity index (χ3n) is 4.61. The molecule has 2 aromatic carbocycles. The Morgan fingerprint density at radius 2 is 1.90 bits per heavy atom. The first-order valence-corrected chi connectivity index (χ1v) is 9.68. The standard InChI is InChI=1S/C17H13ClFN.C5H5N5/c1-2-16-13(11-5-3-6-12(19)9-11)10-14-15(18)7-4-8-17(14)20-16;6-4-3-5(9-1-7-3)10-2-8-4/h3-10H,2H2,1H3;1-2H,(H3,6,7,8,9,10). The van der Waals surface area contributed by atoms with Crippen LogP contribution in [0, 0.1) is 5.82 Å². The maximum absolute atomic E-state index is 13.4. The van der Waals surface area contributed by atoms with Crippen molar-refractivity contribution in [2.24, 2.45) is 0 Å². The highest BCUT2D eigenvalue weighted by atomic mass is 35.5. The Morgan fingerprint density at radius 1 is 1.07 bits per heavy atom. The Kier molecular flexibility index (Phi) is 5.54. The maximum atomic E-state index is 13.4. The lowest BCUT2D eigenvalue weighted by Gasteiger charge is -2.10. The highest BCUT2D eigenvalue weighted by Crippen LogP contribution is 2.30. The van der Waals surface area contributed by atoms with Crippen molar-refractivity contribution in [3.63, 3.8) is 0 Å². The number of H-pyrrole nitrogens is 1. The van der Waals surface area contributed by atoms with Crippen LogP contribution >= 0.6 is 11.6 Å². The number of hydrogen-bond donors (Lipinski definition) is 2. The molecule has 0 unspecified atom stereocenters. The van der Waals surface area contributed by atoms with Gasteiger partial charge in [0.25, 0.3) is 0 Å². The maximum Gasteiger partial charge on any atom is 0.182 e. The zero-order valence-electron chi connectivity index (χ0n) is 16.1. The number of aromatic amines is 1. The number of aromatic nitrogens is 5. The summed E-state index contributed by atoms with van der Waals surface area (Å²) in [6, 6.07) is 14.2. The number of aryl methyl sites for hydroxylation is 1. The highest BCUT2D eigenvalue weighted by molar-refractivity contribution is 6.35. The van der Waals surface area contributed by atoms with E-state index in [1.807, 2.05) is 37.3 Å². The predicted molar refractivity (Wildman–Crippen MR) is 118 cm³/mol. The van der Waals surface area contributed by atoms with E-state index in [1.165, 1.54) is 24.8 Å². The van der Waals surface area contributed by atoms with Gasteiger partial charge < -0.3 is 10.7 Å². The summed E-state index contributed by atoms with van der Waals surface area (Å²) in [5.74, 6) is 0.186. The fraction of sp³-hybridized carbons (Fsp3) is 0.0909. The number of imidazole rings is 1. The zero-order valence-corrected chi connectivity index (χ0v) is 16.9. The Morgan fingerprint density at radius 3 is 2.67 bits per heavy atom. The number of fused-ring (bicyclic) bond motifs is 2. The van der Waals surface area contributed by atoms with Crippen LogP contribution in [0.25, 0.3) is 33.2 Å². The molecule has 0 amide bonds. The van der Waals surface area contributed by atoms with Crippen molar-refractivity contribution in [1.29, 1.82) is 0 Å². The molecule has 0 aliphatic rings. The molecule has 0 bridgehead atoms. The smallest absolute Gasteiger partial charge is 0.182 e. The quantitative estimate of drug-likeness (QED) is 0.409. The lowest BCUT2D eigenvalue weighted by molar-refractivity contribution is 0.628. The van der Waals surface area contributed by atoms with Crippen molar-refractivity contribution in [1.82, 2.24) is 24.9 Å². The van der Waals surface area contributed by atoms with E-state index >= 15 is 0 Å². The monoisotopic (exact) mass is 420 g/mol. The second-order valence-electron chi connectivity index (χ2n) is 6.51. The van der Waals surface area contributed by atoms with E-state index in [0.717, 1.165) is 34.1 Å². The average molecular weight is 421 g/mol. The van der Waals surface area contributed by atoms with Crippen molar-refractivity contribution in [3.8, 4) is 11.1 Å². The van der Waals surface area contributed by atoms with Gasteiger partial charge in [-0.05, 0) is 42.3 Å². The summed E-state index contributed by atoms with van der Waals surface area (Å²) in [6.07, 6.45) is 3.71. The molecule has 0 saturated heterocycles. The van der Waals surface area contributed by atoms with Crippen LogP contribution in [0.1, 0.15) is 12.6 Å². The molecule has 0 radical (unpaired) electrons. The number of pyridine rings is 1. The molecular formula is C22H18ClFN6. The minimum absolute atomic E-state index is 0.246. The number of anilines is 1. The van der Waals surface area contributed by atoms with Crippen LogP contribution in [0.5, 0.6) is 0 Å². The number of nitrogen functional groups attached to an aromatic ring is 1. The first-order chi connectivity index (χ1) is 14.6. The van der Waals surface area contributed by atoms with Gasteiger partial charge in [-0.25, -0.2) is 19.3 Å². The molecule has 0 spiro atoms. The van der Waals surface area contributed by atoms with E-state index in [9.17, 15) is 4.39 Å². The fourth-order valence-electron chi connectivity index (χ4n) is 3.16. The molecule has 30 heavy (non-hydrogen) atoms. The van der Waals surface area contributed by atoms with Crippen LogP contribution in [-0.2, 0) is 6.42 Å². The first kappa shape index (κ1) is 19.7. The Balaban J connectivity index is 0.000000181. The highest BCUT2D eigenvalue weighted by Gasteiger charge is 2.10. The van der Waals surface area contributed by atoms with E-state index in [1.54, 1.807) is 6.07 Å². The molecule has 5 rings (SSSR count). The lowest BCUT2D eigenvalue weighted by atomic mass is 10.00. The molecule has 150 valence electrons. The molecule has 3 heterocycles. The van der Waals surface area contributed by atoms with E-state index in [4.69, 9.17) is 17.3 Å². The SMILES string of the molecule is CCc1nc2cccc(Cl)c2cc1-c1cccc(F)c1.Nc1ncnc2nc[nH]c12. The predicted octanol–water partition coefficient (Wildman–Crippen LogP) is 5.19. The Hall–Kier alpha value is -3.58. The van der Waals surface area contributed by atoms with Gasteiger partial charge in [-0.2, -0.15) is 0 Å². The van der Waals surface area contributed by atoms with Gasteiger partial charge in [-0.3, -0.25) is 4.98 Å². The molecule has 0 atom stereocenters. The van der Waals surface area contributed by atoms with Crippen molar-refractivity contribution < 1.29 is 4.39 Å². The van der Waals surface area contributed by atoms with Gasteiger partial charge in [0.15, 0.2) is 11.5 Å². The molecule has 3 aromatic heterocycles. The van der Waals surface area contributed by atoms with Crippen molar-refractivity contribution in [2.75, 3.05) is 5.73 Å². The van der Waals surface area contributed by atoms with Crippen molar-refractivity contribution in [3.05, 3.63) is 77.7 Å². The van der Waals surface area contributed by atoms with Gasteiger partial charge in [0, 0.05) is 21.7 Å². The van der Waals surface area contributed by atoms with Crippen LogP contribution in [0.4, 0.5) is 10.2 Å². The summed E-state index contributed by atoms with van der Waals surface area (Å²) < 4.78 is 13.4. The molecule has 0 aliphatic carbocycles. The third kappa shape index (κ3) is 3.92. The summed E-state index contributed by atoms with van der Waals surface area (Å²) in [5.41, 5.74) is 10.4. The first-order valence-electron chi connectivity index (χ1n) is 9.30. The third-order valence-corrected chi connectivity index (χ3v) is 4.94. The molecule has 0 aliphatic heterocycles. The number of benzene rings is 2. The van der Waals surface area contributed by atoms with Crippen LogP contribution in [0.15, 0.2) is 61.2 Å². The molecule has 3 N–H and O–H groups in total. The second kappa shape index (κ2) is 8.42. The fourth-order valence-corrected chi connectivity index (χ4v) is 3.38. The van der Waals surface area contributed by atoms with E-state index in [0.29, 0.717) is 22.0 Å². The van der Waals surface area contributed by atoms with Crippen LogP contribution in [0.2, 0.25) is 5.02 Å². The Labute approximate surface area is 177 Å². The molecule has 5 aromatic rings. The normalized spacial score (nSPS) is 10.8. The van der Waals surface area contributed by atoms with E-state index in [2.05, 4.69) is 24.9 Å². The van der Waals surface area contributed by atoms with Gasteiger partial charge in [0.1, 0.15) is 17.7 Å². The number of halogens is 2. The van der Waals surface area contributed by atoms with E-state index in [-0.39, 0.29) is 5.82 Å². The summed E-state index contributed by atoms with van der Waals surface area (Å²) in [4.78, 5) is 19.0. The van der Waals surface area contributed by atoms with Gasteiger partial charge >= 0.3 is 0 Å². The number of nitrogens with zero attached hydrogens (tertiary/aromatic N) is 4. The summed E-state index contributed by atoms with van der Waals surface area (Å²) in [5, 5.41) is 1.56. The minimum Gasteiger partial charge on any atom is -0.382 e. The lowest BCUT2D eigenvalue weighted by Crippen LogP contribution is -1.94. The van der Waals surface area contributed by atoms with E-state index < -0.39 is 0 Å². The number of nitrogens with two attached hydrogens (primary N) is 1. The van der Waals surface area contributed by atoms with Gasteiger partial charge in [-0.1, -0.05) is 36.7 Å². The zero-order chi connectivity index (χ0) is 21.1. The van der Waals surface area contributed by atoms with Gasteiger partial charge in [-0.15, -0.1) is 0 Å². The summed E-state index contributed by atoms with van der Waals surface area (Å²) >= 11 is 6.23. The van der Waals surface area contributed by atoms with Gasteiger partial charge in [0.05, 0.1) is 11.8 Å². The Bertz CT molecular complexity index is 1330. The van der Waals surface area contributed by atoms with Crippen molar-refractivity contribution >= 4 is 39.5 Å². The number of nitrogens with one attached hydrogen (secondary N) is 1.